The van der Waals surface area contributed by atoms with Gasteiger partial charge in [0.05, 0.1) is 7.11 Å². The van der Waals surface area contributed by atoms with Gasteiger partial charge in [-0.2, -0.15) is 0 Å². The second-order valence-electron chi connectivity index (χ2n) is 3.69. The monoisotopic (exact) mass is 231 g/mol. The lowest BCUT2D eigenvalue weighted by Crippen LogP contribution is -2.43. The van der Waals surface area contributed by atoms with Gasteiger partial charge in [0.1, 0.15) is 6.04 Å². The third kappa shape index (κ3) is 5.70. The Morgan fingerprint density at radius 3 is 2.25 bits per heavy atom. The molecule has 1 unspecified atom stereocenters. The van der Waals surface area contributed by atoms with Crippen molar-refractivity contribution in [3.63, 3.8) is 0 Å². The lowest BCUT2D eigenvalue weighted by Gasteiger charge is -2.20. The van der Waals surface area contributed by atoms with Gasteiger partial charge in [0, 0.05) is 12.5 Å². The number of methoxy groups -OCH3 is 1. The van der Waals surface area contributed by atoms with Crippen LogP contribution in [0.15, 0.2) is 0 Å². The zero-order valence-corrected chi connectivity index (χ0v) is 10.2. The molecule has 0 aromatic rings. The van der Waals surface area contributed by atoms with Crippen molar-refractivity contribution in [2.24, 2.45) is 0 Å². The Morgan fingerprint density at radius 1 is 1.31 bits per heavy atom. The van der Waals surface area contributed by atoms with Gasteiger partial charge in [0.25, 0.3) is 0 Å². The second kappa shape index (κ2) is 8.10. The van der Waals surface area contributed by atoms with Crippen molar-refractivity contribution >= 4 is 11.9 Å². The van der Waals surface area contributed by atoms with Crippen LogP contribution in [0.3, 0.4) is 0 Å². The zero-order chi connectivity index (χ0) is 12.6. The van der Waals surface area contributed by atoms with E-state index in [0.29, 0.717) is 0 Å². The fraction of sp³-hybridized carbons (Fsp3) is 0.818. The number of carbonyl (C=O) groups excluding carboxylic acids is 1. The molecule has 16 heavy (non-hydrogen) atoms. The molecule has 94 valence electrons. The highest BCUT2D eigenvalue weighted by molar-refractivity contribution is 5.75. The average Bonchev–Trinajstić information content (AvgIpc) is 2.28. The standard InChI is InChI=1S/C11H21NO4/c1-4-8(5-2)12-9(11(14)15)6-7-10(13)16-3/h8-9,12H,4-7H2,1-3H3,(H,14,15). The molecule has 0 amide bonds. The number of hydrogen-bond donors (Lipinski definition) is 2. The predicted molar refractivity (Wildman–Crippen MR) is 60.2 cm³/mol. The summed E-state index contributed by atoms with van der Waals surface area (Å²) in [6.45, 7) is 4.00. The maximum Gasteiger partial charge on any atom is 0.320 e. The van der Waals surface area contributed by atoms with Crippen LogP contribution in [0.2, 0.25) is 0 Å². The van der Waals surface area contributed by atoms with Crippen LogP contribution in [-0.4, -0.2) is 36.2 Å². The van der Waals surface area contributed by atoms with Gasteiger partial charge in [0.15, 0.2) is 0 Å². The van der Waals surface area contributed by atoms with Gasteiger partial charge in [-0.25, -0.2) is 0 Å². The Balaban J connectivity index is 4.17. The minimum Gasteiger partial charge on any atom is -0.480 e. The van der Waals surface area contributed by atoms with E-state index in [9.17, 15) is 9.59 Å². The summed E-state index contributed by atoms with van der Waals surface area (Å²) in [6, 6.07) is -0.497. The first-order valence-corrected chi connectivity index (χ1v) is 5.60. The molecular weight excluding hydrogens is 210 g/mol. The molecule has 0 aliphatic carbocycles. The number of carboxylic acid groups (broad SMARTS) is 1. The number of carbonyl (C=O) groups is 2. The summed E-state index contributed by atoms with van der Waals surface area (Å²) in [5.74, 6) is -1.30. The van der Waals surface area contributed by atoms with E-state index in [1.807, 2.05) is 13.8 Å². The number of ether oxygens (including phenoxy) is 1. The highest BCUT2D eigenvalue weighted by Crippen LogP contribution is 2.04. The van der Waals surface area contributed by atoms with Gasteiger partial charge < -0.3 is 15.2 Å². The number of aliphatic carboxylic acids is 1. The molecule has 0 aliphatic heterocycles. The zero-order valence-electron chi connectivity index (χ0n) is 10.2. The maximum absolute atomic E-state index is 11.0. The first-order valence-electron chi connectivity index (χ1n) is 5.60. The minimum atomic E-state index is -0.921. The van der Waals surface area contributed by atoms with Crippen molar-refractivity contribution in [3.8, 4) is 0 Å². The molecule has 0 spiro atoms. The van der Waals surface area contributed by atoms with E-state index in [1.165, 1.54) is 7.11 Å². The quantitative estimate of drug-likeness (QED) is 0.613. The Hall–Kier alpha value is -1.10. The molecule has 0 aliphatic rings. The molecule has 0 aromatic heterocycles. The molecule has 0 fully saturated rings. The number of hydrogen-bond acceptors (Lipinski definition) is 4. The highest BCUT2D eigenvalue weighted by Gasteiger charge is 2.20. The van der Waals surface area contributed by atoms with Crippen molar-refractivity contribution in [2.75, 3.05) is 7.11 Å². The Labute approximate surface area is 96.2 Å². The van der Waals surface area contributed by atoms with Crippen LogP contribution in [0, 0.1) is 0 Å². The largest absolute Gasteiger partial charge is 0.480 e. The average molecular weight is 231 g/mol. The Morgan fingerprint density at radius 2 is 1.88 bits per heavy atom. The lowest BCUT2D eigenvalue weighted by atomic mass is 10.1. The summed E-state index contributed by atoms with van der Waals surface area (Å²) < 4.78 is 4.48. The fourth-order valence-electron chi connectivity index (χ4n) is 1.45. The molecule has 5 nitrogen and oxygen atoms in total. The summed E-state index contributed by atoms with van der Waals surface area (Å²) in [6.07, 6.45) is 2.14. The Kier molecular flexibility index (Phi) is 7.54. The van der Waals surface area contributed by atoms with Gasteiger partial charge in [-0.3, -0.25) is 9.59 Å². The summed E-state index contributed by atoms with van der Waals surface area (Å²) in [4.78, 5) is 21.9. The molecule has 0 saturated carbocycles. The third-order valence-corrected chi connectivity index (χ3v) is 2.59. The predicted octanol–water partition coefficient (Wildman–Crippen LogP) is 1.17. The van der Waals surface area contributed by atoms with Gasteiger partial charge in [-0.15, -0.1) is 0 Å². The molecule has 1 atom stereocenters. The summed E-state index contributed by atoms with van der Waals surface area (Å²) in [7, 11) is 1.30. The van der Waals surface area contributed by atoms with Gasteiger partial charge in [-0.1, -0.05) is 13.8 Å². The van der Waals surface area contributed by atoms with Crippen molar-refractivity contribution in [3.05, 3.63) is 0 Å². The molecule has 2 N–H and O–H groups in total. The topological polar surface area (TPSA) is 75.6 Å². The second-order valence-corrected chi connectivity index (χ2v) is 3.69. The number of rotatable bonds is 8. The van der Waals surface area contributed by atoms with Crippen LogP contribution in [-0.2, 0) is 14.3 Å². The van der Waals surface area contributed by atoms with Crippen molar-refractivity contribution in [1.82, 2.24) is 5.32 Å². The molecule has 0 rings (SSSR count). The van der Waals surface area contributed by atoms with Gasteiger partial charge >= 0.3 is 11.9 Å². The van der Waals surface area contributed by atoms with Crippen LogP contribution in [0.4, 0.5) is 0 Å². The summed E-state index contributed by atoms with van der Waals surface area (Å²) in [5.41, 5.74) is 0. The van der Waals surface area contributed by atoms with Gasteiger partial charge in [0.2, 0.25) is 0 Å². The van der Waals surface area contributed by atoms with Crippen LogP contribution >= 0.6 is 0 Å². The summed E-state index contributed by atoms with van der Waals surface area (Å²) in [5, 5.41) is 12.0. The normalized spacial score (nSPS) is 12.5. The molecule has 0 bridgehead atoms. The van der Waals surface area contributed by atoms with E-state index >= 15 is 0 Å². The number of nitrogens with one attached hydrogen (secondary N) is 1. The van der Waals surface area contributed by atoms with Crippen LogP contribution in [0.1, 0.15) is 39.5 Å². The maximum atomic E-state index is 11.0. The van der Waals surface area contributed by atoms with Crippen LogP contribution in [0.5, 0.6) is 0 Å². The fourth-order valence-corrected chi connectivity index (χ4v) is 1.45. The first kappa shape index (κ1) is 14.9. The molecule has 0 heterocycles. The van der Waals surface area contributed by atoms with Crippen molar-refractivity contribution in [1.29, 1.82) is 0 Å². The van der Waals surface area contributed by atoms with E-state index in [1.54, 1.807) is 0 Å². The van der Waals surface area contributed by atoms with Gasteiger partial charge in [-0.05, 0) is 19.3 Å². The van der Waals surface area contributed by atoms with E-state index in [0.717, 1.165) is 12.8 Å². The molecule has 0 aromatic carbocycles. The van der Waals surface area contributed by atoms with E-state index in [2.05, 4.69) is 10.1 Å². The van der Waals surface area contributed by atoms with E-state index in [4.69, 9.17) is 5.11 Å². The van der Waals surface area contributed by atoms with Crippen molar-refractivity contribution < 1.29 is 19.4 Å². The van der Waals surface area contributed by atoms with Crippen LogP contribution in [0.25, 0.3) is 0 Å². The lowest BCUT2D eigenvalue weighted by molar-refractivity contribution is -0.142. The summed E-state index contributed by atoms with van der Waals surface area (Å²) >= 11 is 0. The van der Waals surface area contributed by atoms with E-state index in [-0.39, 0.29) is 24.9 Å². The van der Waals surface area contributed by atoms with Crippen LogP contribution < -0.4 is 5.32 Å². The molecular formula is C11H21NO4. The minimum absolute atomic E-state index is 0.126. The molecule has 0 radical (unpaired) electrons. The Bertz CT molecular complexity index is 226. The number of carboxylic acids is 1. The smallest absolute Gasteiger partial charge is 0.320 e. The first-order chi connectivity index (χ1) is 7.54. The molecule has 0 saturated heterocycles. The third-order valence-electron chi connectivity index (χ3n) is 2.59. The van der Waals surface area contributed by atoms with Crippen molar-refractivity contribution in [2.45, 2.75) is 51.6 Å². The molecule has 5 heteroatoms. The SMILES string of the molecule is CCC(CC)NC(CCC(=O)OC)C(=O)O. The number of esters is 1. The van der Waals surface area contributed by atoms with E-state index < -0.39 is 12.0 Å². The highest BCUT2D eigenvalue weighted by atomic mass is 16.5.